The predicted molar refractivity (Wildman–Crippen MR) is 59.8 cm³/mol. The summed E-state index contributed by atoms with van der Waals surface area (Å²) in [5.41, 5.74) is 4.48. The summed E-state index contributed by atoms with van der Waals surface area (Å²) >= 11 is 0. The van der Waals surface area contributed by atoms with Crippen LogP contribution in [0.5, 0.6) is 0 Å². The van der Waals surface area contributed by atoms with Crippen molar-refractivity contribution >= 4 is 11.4 Å². The van der Waals surface area contributed by atoms with E-state index in [1.54, 1.807) is 0 Å². The first kappa shape index (κ1) is 8.16. The molecule has 2 aliphatic rings. The number of hydrogen-bond donors (Lipinski definition) is 2. The van der Waals surface area contributed by atoms with E-state index in [0.717, 1.165) is 13.1 Å². The fourth-order valence-corrected chi connectivity index (χ4v) is 2.20. The molecule has 1 aromatic carbocycles. The molecule has 1 aliphatic heterocycles. The Bertz CT molecular complexity index is 367. The van der Waals surface area contributed by atoms with E-state index in [4.69, 9.17) is 0 Å². The molecule has 0 amide bonds. The van der Waals surface area contributed by atoms with E-state index in [-0.39, 0.29) is 0 Å². The number of hydrogen-bond acceptors (Lipinski definition) is 2. The summed E-state index contributed by atoms with van der Waals surface area (Å²) in [6.45, 7) is 4.44. The average molecular weight is 188 g/mol. The van der Waals surface area contributed by atoms with Crippen LogP contribution < -0.4 is 10.6 Å². The maximum absolute atomic E-state index is 3.58. The minimum Gasteiger partial charge on any atom is -0.383 e. The lowest BCUT2D eigenvalue weighted by Crippen LogP contribution is -2.19. The van der Waals surface area contributed by atoms with Gasteiger partial charge in [-0.25, -0.2) is 0 Å². The van der Waals surface area contributed by atoms with Crippen molar-refractivity contribution in [3.05, 3.63) is 23.8 Å². The van der Waals surface area contributed by atoms with Gasteiger partial charge < -0.3 is 10.6 Å². The van der Waals surface area contributed by atoms with Crippen LogP contribution in [-0.2, 0) is 0 Å². The summed E-state index contributed by atoms with van der Waals surface area (Å²) in [4.78, 5) is 0. The molecule has 74 valence electrons. The van der Waals surface area contributed by atoms with Crippen LogP contribution in [0.4, 0.5) is 11.4 Å². The van der Waals surface area contributed by atoms with Crippen molar-refractivity contribution in [3.8, 4) is 0 Å². The first-order valence-electron chi connectivity index (χ1n) is 5.37. The third-order valence-electron chi connectivity index (χ3n) is 3.52. The first-order valence-corrected chi connectivity index (χ1v) is 5.37. The number of fused-ring (bicyclic) bond motifs is 1. The van der Waals surface area contributed by atoms with Crippen LogP contribution in [0.1, 0.15) is 18.4 Å². The molecule has 14 heavy (non-hydrogen) atoms. The molecule has 0 aromatic heterocycles. The number of nitrogens with one attached hydrogen (secondary N) is 2. The van der Waals surface area contributed by atoms with Crippen LogP contribution in [0.25, 0.3) is 0 Å². The molecule has 0 bridgehead atoms. The number of anilines is 2. The van der Waals surface area contributed by atoms with Crippen LogP contribution in [0.3, 0.4) is 0 Å². The normalized spacial score (nSPS) is 21.8. The molecule has 1 aliphatic carbocycles. The van der Waals surface area contributed by atoms with Crippen molar-refractivity contribution in [2.24, 2.45) is 5.41 Å². The van der Waals surface area contributed by atoms with Crippen molar-refractivity contribution in [1.29, 1.82) is 0 Å². The molecule has 3 rings (SSSR count). The molecule has 0 atom stereocenters. The number of benzene rings is 1. The molecule has 0 unspecified atom stereocenters. The van der Waals surface area contributed by atoms with Gasteiger partial charge in [-0.3, -0.25) is 0 Å². The van der Waals surface area contributed by atoms with Crippen molar-refractivity contribution in [3.63, 3.8) is 0 Å². The van der Waals surface area contributed by atoms with E-state index in [0.29, 0.717) is 5.41 Å². The second-order valence-electron chi connectivity index (χ2n) is 4.70. The van der Waals surface area contributed by atoms with Gasteiger partial charge in [-0.1, -0.05) is 12.1 Å². The molecule has 1 aromatic rings. The zero-order valence-electron chi connectivity index (χ0n) is 8.56. The minimum atomic E-state index is 0.561. The van der Waals surface area contributed by atoms with E-state index in [1.807, 2.05) is 0 Å². The number of aryl methyl sites for hydroxylation is 1. The van der Waals surface area contributed by atoms with Crippen LogP contribution in [0, 0.1) is 12.3 Å². The van der Waals surface area contributed by atoms with Gasteiger partial charge in [0.1, 0.15) is 0 Å². The van der Waals surface area contributed by atoms with E-state index in [1.165, 1.54) is 29.8 Å². The highest BCUT2D eigenvalue weighted by Gasteiger charge is 2.43. The summed E-state index contributed by atoms with van der Waals surface area (Å²) in [6, 6.07) is 6.45. The topological polar surface area (TPSA) is 24.1 Å². The van der Waals surface area contributed by atoms with Crippen molar-refractivity contribution in [2.45, 2.75) is 19.8 Å². The van der Waals surface area contributed by atoms with Gasteiger partial charge in [-0.15, -0.1) is 0 Å². The summed E-state index contributed by atoms with van der Waals surface area (Å²) in [5, 5.41) is 7.14. The van der Waals surface area contributed by atoms with Gasteiger partial charge in [-0.05, 0) is 31.4 Å². The zero-order chi connectivity index (χ0) is 9.60. The van der Waals surface area contributed by atoms with Crippen molar-refractivity contribution < 1.29 is 0 Å². The molecule has 2 heteroatoms. The third kappa shape index (κ3) is 1.17. The maximum atomic E-state index is 3.58. The summed E-state index contributed by atoms with van der Waals surface area (Å²) in [7, 11) is 0. The quantitative estimate of drug-likeness (QED) is 0.654. The molecule has 0 radical (unpaired) electrons. The molecular formula is C12H16N2. The van der Waals surface area contributed by atoms with E-state index in [9.17, 15) is 0 Å². The highest BCUT2D eigenvalue weighted by atomic mass is 15.0. The average Bonchev–Trinajstić information content (AvgIpc) is 2.96. The van der Waals surface area contributed by atoms with Gasteiger partial charge in [-0.2, -0.15) is 0 Å². The molecule has 1 heterocycles. The SMILES string of the molecule is Cc1cccc2c1NCC1(CC1)CN2. The summed E-state index contributed by atoms with van der Waals surface area (Å²) < 4.78 is 0. The molecular weight excluding hydrogens is 172 g/mol. The second kappa shape index (κ2) is 2.66. The van der Waals surface area contributed by atoms with E-state index >= 15 is 0 Å². The van der Waals surface area contributed by atoms with Crippen LogP contribution in [-0.4, -0.2) is 13.1 Å². The monoisotopic (exact) mass is 188 g/mol. The van der Waals surface area contributed by atoms with Crippen LogP contribution >= 0.6 is 0 Å². The Morgan fingerprint density at radius 1 is 1.14 bits per heavy atom. The Labute approximate surface area is 84.7 Å². The Morgan fingerprint density at radius 3 is 2.71 bits per heavy atom. The lowest BCUT2D eigenvalue weighted by Gasteiger charge is -2.11. The minimum absolute atomic E-state index is 0.561. The highest BCUT2D eigenvalue weighted by Crippen LogP contribution is 2.47. The van der Waals surface area contributed by atoms with Gasteiger partial charge in [0.25, 0.3) is 0 Å². The van der Waals surface area contributed by atoms with Crippen molar-refractivity contribution in [1.82, 2.24) is 0 Å². The molecule has 2 nitrogen and oxygen atoms in total. The Hall–Kier alpha value is -1.18. The molecule has 1 spiro atoms. The summed E-state index contributed by atoms with van der Waals surface area (Å²) in [5.74, 6) is 0. The van der Waals surface area contributed by atoms with Gasteiger partial charge in [0.05, 0.1) is 11.4 Å². The zero-order valence-corrected chi connectivity index (χ0v) is 8.56. The van der Waals surface area contributed by atoms with Crippen LogP contribution in [0.15, 0.2) is 18.2 Å². The van der Waals surface area contributed by atoms with E-state index < -0.39 is 0 Å². The molecule has 2 N–H and O–H groups in total. The van der Waals surface area contributed by atoms with Gasteiger partial charge >= 0.3 is 0 Å². The second-order valence-corrected chi connectivity index (χ2v) is 4.70. The number of rotatable bonds is 0. The van der Waals surface area contributed by atoms with Crippen LogP contribution in [0.2, 0.25) is 0 Å². The molecule has 1 fully saturated rings. The molecule has 1 saturated carbocycles. The largest absolute Gasteiger partial charge is 0.383 e. The fourth-order valence-electron chi connectivity index (χ4n) is 2.20. The smallest absolute Gasteiger partial charge is 0.0605 e. The fraction of sp³-hybridized carbons (Fsp3) is 0.500. The van der Waals surface area contributed by atoms with E-state index in [2.05, 4.69) is 35.8 Å². The standard InChI is InChI=1S/C12H16N2/c1-9-3-2-4-10-11(9)14-8-12(5-6-12)7-13-10/h2-4,13-14H,5-8H2,1H3. The lowest BCUT2D eigenvalue weighted by molar-refractivity contribution is 0.582. The van der Waals surface area contributed by atoms with Gasteiger partial charge in [0, 0.05) is 18.5 Å². The first-order chi connectivity index (χ1) is 6.79. The maximum Gasteiger partial charge on any atom is 0.0605 e. The van der Waals surface area contributed by atoms with Gasteiger partial charge in [0.15, 0.2) is 0 Å². The Balaban J connectivity index is 1.96. The Morgan fingerprint density at radius 2 is 1.93 bits per heavy atom. The Kier molecular flexibility index (Phi) is 1.55. The lowest BCUT2D eigenvalue weighted by atomic mass is 10.1. The summed E-state index contributed by atoms with van der Waals surface area (Å²) in [6.07, 6.45) is 2.75. The highest BCUT2D eigenvalue weighted by molar-refractivity contribution is 5.73. The van der Waals surface area contributed by atoms with Gasteiger partial charge in [0.2, 0.25) is 0 Å². The molecule has 0 saturated heterocycles. The van der Waals surface area contributed by atoms with Crippen molar-refractivity contribution in [2.75, 3.05) is 23.7 Å². The third-order valence-corrected chi connectivity index (χ3v) is 3.52. The predicted octanol–water partition coefficient (Wildman–Crippen LogP) is 2.61. The number of para-hydroxylation sites is 1.